The monoisotopic (exact) mass is 285 g/mol. The van der Waals surface area contributed by atoms with Gasteiger partial charge in [0, 0.05) is 18.0 Å². The van der Waals surface area contributed by atoms with Crippen LogP contribution in [0.4, 0.5) is 0 Å². The third-order valence-electron chi connectivity index (χ3n) is 2.68. The highest BCUT2D eigenvalue weighted by Gasteiger charge is 2.06. The molecule has 2 atom stereocenters. The standard InChI is InChI=1S/C15H24ClNO2/c1-4-18-14-7-5-6-8-15(14)19-10-9-17-13(3)11-12(2)16/h5-8,12-13,17H,4,9-11H2,1-3H3. The Bertz CT molecular complexity index is 358. The van der Waals surface area contributed by atoms with Crippen LogP contribution in [-0.4, -0.2) is 31.2 Å². The van der Waals surface area contributed by atoms with E-state index in [1.54, 1.807) is 0 Å². The van der Waals surface area contributed by atoms with Gasteiger partial charge < -0.3 is 14.8 Å². The van der Waals surface area contributed by atoms with E-state index >= 15 is 0 Å². The van der Waals surface area contributed by atoms with Gasteiger partial charge in [-0.3, -0.25) is 0 Å². The van der Waals surface area contributed by atoms with Crippen LogP contribution in [0, 0.1) is 0 Å². The van der Waals surface area contributed by atoms with E-state index in [1.807, 2.05) is 38.1 Å². The molecule has 0 aliphatic carbocycles. The van der Waals surface area contributed by atoms with Crippen LogP contribution in [0.25, 0.3) is 0 Å². The van der Waals surface area contributed by atoms with Crippen molar-refractivity contribution in [2.24, 2.45) is 0 Å². The maximum absolute atomic E-state index is 5.95. The Morgan fingerprint density at radius 1 is 1.16 bits per heavy atom. The quantitative estimate of drug-likeness (QED) is 0.557. The van der Waals surface area contributed by atoms with Gasteiger partial charge in [0.1, 0.15) is 6.61 Å². The largest absolute Gasteiger partial charge is 0.490 e. The van der Waals surface area contributed by atoms with E-state index in [0.717, 1.165) is 24.5 Å². The fourth-order valence-electron chi connectivity index (χ4n) is 1.88. The summed E-state index contributed by atoms with van der Waals surface area (Å²) in [6.07, 6.45) is 0.955. The molecule has 0 saturated heterocycles. The minimum atomic E-state index is 0.196. The van der Waals surface area contributed by atoms with Crippen LogP contribution in [0.5, 0.6) is 11.5 Å². The molecule has 0 fully saturated rings. The molecule has 0 amide bonds. The van der Waals surface area contributed by atoms with E-state index in [4.69, 9.17) is 21.1 Å². The molecule has 0 heterocycles. The molecule has 1 N–H and O–H groups in total. The number of nitrogens with one attached hydrogen (secondary N) is 1. The second kappa shape index (κ2) is 9.05. The number of alkyl halides is 1. The van der Waals surface area contributed by atoms with Crippen molar-refractivity contribution in [3.8, 4) is 11.5 Å². The van der Waals surface area contributed by atoms with E-state index < -0.39 is 0 Å². The molecule has 2 unspecified atom stereocenters. The van der Waals surface area contributed by atoms with Crippen LogP contribution in [0.1, 0.15) is 27.2 Å². The minimum Gasteiger partial charge on any atom is -0.490 e. The van der Waals surface area contributed by atoms with Crippen molar-refractivity contribution < 1.29 is 9.47 Å². The fraction of sp³-hybridized carbons (Fsp3) is 0.600. The predicted molar refractivity (Wildman–Crippen MR) is 80.5 cm³/mol. The summed E-state index contributed by atoms with van der Waals surface area (Å²) in [5.41, 5.74) is 0. The molecular weight excluding hydrogens is 262 g/mol. The number of para-hydroxylation sites is 2. The lowest BCUT2D eigenvalue weighted by Gasteiger charge is -2.16. The van der Waals surface area contributed by atoms with Crippen molar-refractivity contribution in [2.45, 2.75) is 38.6 Å². The van der Waals surface area contributed by atoms with Crippen LogP contribution >= 0.6 is 11.6 Å². The van der Waals surface area contributed by atoms with Gasteiger partial charge >= 0.3 is 0 Å². The summed E-state index contributed by atoms with van der Waals surface area (Å²) >= 11 is 5.95. The van der Waals surface area contributed by atoms with Gasteiger partial charge in [0.25, 0.3) is 0 Å². The Hall–Kier alpha value is -0.930. The van der Waals surface area contributed by atoms with E-state index in [0.29, 0.717) is 19.3 Å². The van der Waals surface area contributed by atoms with Crippen LogP contribution < -0.4 is 14.8 Å². The number of ether oxygens (including phenoxy) is 2. The van der Waals surface area contributed by atoms with E-state index in [-0.39, 0.29) is 5.38 Å². The predicted octanol–water partition coefficient (Wildman–Crippen LogP) is 3.46. The highest BCUT2D eigenvalue weighted by Crippen LogP contribution is 2.25. The molecule has 0 radical (unpaired) electrons. The minimum absolute atomic E-state index is 0.196. The van der Waals surface area contributed by atoms with Gasteiger partial charge in [0.05, 0.1) is 6.61 Å². The molecule has 0 bridgehead atoms. The first kappa shape index (κ1) is 16.1. The third-order valence-corrected chi connectivity index (χ3v) is 2.86. The van der Waals surface area contributed by atoms with Crippen molar-refractivity contribution in [1.82, 2.24) is 5.32 Å². The van der Waals surface area contributed by atoms with E-state index in [9.17, 15) is 0 Å². The third kappa shape index (κ3) is 6.69. The van der Waals surface area contributed by atoms with Crippen LogP contribution in [-0.2, 0) is 0 Å². The molecule has 0 aliphatic rings. The first-order valence-electron chi connectivity index (χ1n) is 6.85. The first-order valence-corrected chi connectivity index (χ1v) is 7.29. The average molecular weight is 286 g/mol. The summed E-state index contributed by atoms with van der Waals surface area (Å²) in [5, 5.41) is 3.58. The highest BCUT2D eigenvalue weighted by molar-refractivity contribution is 6.20. The normalized spacial score (nSPS) is 13.9. The second-order valence-electron chi connectivity index (χ2n) is 4.60. The number of hydrogen-bond donors (Lipinski definition) is 1. The molecule has 108 valence electrons. The number of halogens is 1. The summed E-state index contributed by atoms with van der Waals surface area (Å²) in [6.45, 7) is 8.16. The van der Waals surface area contributed by atoms with E-state index in [1.165, 1.54) is 0 Å². The average Bonchev–Trinajstić information content (AvgIpc) is 2.36. The smallest absolute Gasteiger partial charge is 0.161 e. The molecule has 3 nitrogen and oxygen atoms in total. The fourth-order valence-corrected chi connectivity index (χ4v) is 2.15. The number of rotatable bonds is 9. The Labute approximate surface area is 121 Å². The number of benzene rings is 1. The zero-order valence-electron chi connectivity index (χ0n) is 12.0. The Balaban J connectivity index is 2.29. The van der Waals surface area contributed by atoms with Gasteiger partial charge in [-0.1, -0.05) is 12.1 Å². The van der Waals surface area contributed by atoms with Gasteiger partial charge in [-0.2, -0.15) is 0 Å². The Kier molecular flexibility index (Phi) is 7.68. The lowest BCUT2D eigenvalue weighted by Crippen LogP contribution is -2.31. The molecule has 0 spiro atoms. The van der Waals surface area contributed by atoms with Gasteiger partial charge in [0.15, 0.2) is 11.5 Å². The molecule has 4 heteroatoms. The number of hydrogen-bond acceptors (Lipinski definition) is 3. The SMILES string of the molecule is CCOc1ccccc1OCCNC(C)CC(C)Cl. The summed E-state index contributed by atoms with van der Waals surface area (Å²) in [7, 11) is 0. The highest BCUT2D eigenvalue weighted by atomic mass is 35.5. The molecular formula is C15H24ClNO2. The second-order valence-corrected chi connectivity index (χ2v) is 5.34. The van der Waals surface area contributed by atoms with Crippen molar-refractivity contribution >= 4 is 11.6 Å². The van der Waals surface area contributed by atoms with E-state index in [2.05, 4.69) is 12.2 Å². The van der Waals surface area contributed by atoms with Gasteiger partial charge in [-0.05, 0) is 39.3 Å². The van der Waals surface area contributed by atoms with Crippen molar-refractivity contribution in [2.75, 3.05) is 19.8 Å². The van der Waals surface area contributed by atoms with Crippen molar-refractivity contribution in [3.05, 3.63) is 24.3 Å². The summed E-state index contributed by atoms with van der Waals surface area (Å²) in [4.78, 5) is 0. The van der Waals surface area contributed by atoms with Crippen LogP contribution in [0.3, 0.4) is 0 Å². The molecule has 1 rings (SSSR count). The van der Waals surface area contributed by atoms with Gasteiger partial charge in [0.2, 0.25) is 0 Å². The molecule has 1 aromatic rings. The summed E-state index contributed by atoms with van der Waals surface area (Å²) in [5.74, 6) is 1.59. The molecule has 0 saturated carbocycles. The van der Waals surface area contributed by atoms with Crippen molar-refractivity contribution in [3.63, 3.8) is 0 Å². The zero-order valence-corrected chi connectivity index (χ0v) is 12.7. The van der Waals surface area contributed by atoms with Crippen LogP contribution in [0.2, 0.25) is 0 Å². The lowest BCUT2D eigenvalue weighted by atomic mass is 10.2. The maximum atomic E-state index is 5.95. The summed E-state index contributed by atoms with van der Waals surface area (Å²) in [6, 6.07) is 8.14. The maximum Gasteiger partial charge on any atom is 0.161 e. The zero-order chi connectivity index (χ0) is 14.1. The van der Waals surface area contributed by atoms with Gasteiger partial charge in [-0.15, -0.1) is 11.6 Å². The lowest BCUT2D eigenvalue weighted by molar-refractivity contribution is 0.272. The molecule has 1 aromatic carbocycles. The summed E-state index contributed by atoms with van der Waals surface area (Å²) < 4.78 is 11.2. The topological polar surface area (TPSA) is 30.5 Å². The molecule has 19 heavy (non-hydrogen) atoms. The van der Waals surface area contributed by atoms with Gasteiger partial charge in [-0.25, -0.2) is 0 Å². The Morgan fingerprint density at radius 2 is 1.79 bits per heavy atom. The first-order chi connectivity index (χ1) is 9.13. The molecule has 0 aromatic heterocycles. The van der Waals surface area contributed by atoms with Crippen LogP contribution in [0.15, 0.2) is 24.3 Å². The van der Waals surface area contributed by atoms with Crippen molar-refractivity contribution in [1.29, 1.82) is 0 Å². The molecule has 0 aliphatic heterocycles. The Morgan fingerprint density at radius 3 is 2.37 bits per heavy atom.